The van der Waals surface area contributed by atoms with Gasteiger partial charge in [0.25, 0.3) is 0 Å². The van der Waals surface area contributed by atoms with Crippen molar-refractivity contribution in [3.63, 3.8) is 0 Å². The molecule has 18 heavy (non-hydrogen) atoms. The summed E-state index contributed by atoms with van der Waals surface area (Å²) in [5.74, 6) is 0.389. The maximum atomic E-state index is 10.1. The summed E-state index contributed by atoms with van der Waals surface area (Å²) >= 11 is 0. The molecule has 0 bridgehead atoms. The van der Waals surface area contributed by atoms with Crippen LogP contribution < -0.4 is 5.32 Å². The lowest BCUT2D eigenvalue weighted by molar-refractivity contribution is 0.0988. The van der Waals surface area contributed by atoms with Gasteiger partial charge >= 0.3 is 0 Å². The van der Waals surface area contributed by atoms with Crippen LogP contribution in [0.5, 0.6) is 0 Å². The molecule has 0 aliphatic carbocycles. The maximum absolute atomic E-state index is 10.1. The Morgan fingerprint density at radius 2 is 2.00 bits per heavy atom. The molecule has 4 heteroatoms. The van der Waals surface area contributed by atoms with Gasteiger partial charge in [-0.05, 0) is 19.8 Å². The summed E-state index contributed by atoms with van der Waals surface area (Å²) in [5, 5.41) is 17.8. The Bertz CT molecular complexity index is 358. The van der Waals surface area contributed by atoms with Crippen molar-refractivity contribution >= 4 is 0 Å². The van der Waals surface area contributed by atoms with E-state index in [4.69, 9.17) is 0 Å². The topological polar surface area (TPSA) is 50.1 Å². The largest absolute Gasteiger partial charge is 0.392 e. The van der Waals surface area contributed by atoms with Gasteiger partial charge in [-0.1, -0.05) is 26.7 Å². The lowest BCUT2D eigenvalue weighted by Crippen LogP contribution is -2.34. The van der Waals surface area contributed by atoms with Crippen LogP contribution in [0.3, 0.4) is 0 Å². The van der Waals surface area contributed by atoms with E-state index in [1.807, 2.05) is 24.9 Å². The van der Waals surface area contributed by atoms with E-state index in [2.05, 4.69) is 31.2 Å². The number of aromatic nitrogens is 2. The zero-order valence-electron chi connectivity index (χ0n) is 12.3. The SMILES string of the molecule is CCC(CC)C(O)CNC(C)c1cn(C)nc1C. The lowest BCUT2D eigenvalue weighted by Gasteiger charge is -2.22. The second kappa shape index (κ2) is 6.90. The van der Waals surface area contributed by atoms with Gasteiger partial charge in [-0.25, -0.2) is 0 Å². The molecule has 0 aliphatic rings. The third-order valence-electron chi connectivity index (χ3n) is 3.74. The smallest absolute Gasteiger partial charge is 0.0692 e. The van der Waals surface area contributed by atoms with Crippen LogP contribution in [-0.4, -0.2) is 27.5 Å². The summed E-state index contributed by atoms with van der Waals surface area (Å²) in [5.41, 5.74) is 2.25. The number of hydrogen-bond acceptors (Lipinski definition) is 3. The maximum Gasteiger partial charge on any atom is 0.0692 e. The van der Waals surface area contributed by atoms with E-state index in [0.717, 1.165) is 18.5 Å². The lowest BCUT2D eigenvalue weighted by atomic mass is 9.96. The zero-order chi connectivity index (χ0) is 13.7. The number of aliphatic hydroxyl groups is 1. The van der Waals surface area contributed by atoms with Gasteiger partial charge in [0.15, 0.2) is 0 Å². The summed E-state index contributed by atoms with van der Waals surface area (Å²) in [7, 11) is 1.93. The molecule has 1 heterocycles. The van der Waals surface area contributed by atoms with Crippen LogP contribution in [0.15, 0.2) is 6.20 Å². The number of aryl methyl sites for hydroxylation is 2. The fourth-order valence-electron chi connectivity index (χ4n) is 2.45. The van der Waals surface area contributed by atoms with Gasteiger partial charge in [0.1, 0.15) is 0 Å². The molecule has 0 radical (unpaired) electrons. The van der Waals surface area contributed by atoms with Crippen LogP contribution >= 0.6 is 0 Å². The Labute approximate surface area is 110 Å². The molecule has 0 amide bonds. The second-order valence-electron chi connectivity index (χ2n) is 5.12. The fourth-order valence-corrected chi connectivity index (χ4v) is 2.45. The van der Waals surface area contributed by atoms with E-state index >= 15 is 0 Å². The van der Waals surface area contributed by atoms with Gasteiger partial charge in [0.2, 0.25) is 0 Å². The molecule has 0 saturated carbocycles. The first-order valence-electron chi connectivity index (χ1n) is 6.91. The molecule has 0 aliphatic heterocycles. The minimum atomic E-state index is -0.264. The van der Waals surface area contributed by atoms with Crippen molar-refractivity contribution in [2.45, 2.75) is 52.7 Å². The highest BCUT2D eigenvalue weighted by Gasteiger charge is 2.17. The first-order valence-corrected chi connectivity index (χ1v) is 6.91. The Kier molecular flexibility index (Phi) is 5.82. The zero-order valence-corrected chi connectivity index (χ0v) is 12.3. The average Bonchev–Trinajstić information content (AvgIpc) is 2.67. The van der Waals surface area contributed by atoms with Crippen LogP contribution in [0.1, 0.15) is 50.9 Å². The highest BCUT2D eigenvalue weighted by molar-refractivity contribution is 5.19. The number of nitrogens with zero attached hydrogens (tertiary/aromatic N) is 2. The number of aliphatic hydroxyl groups excluding tert-OH is 1. The Morgan fingerprint density at radius 1 is 1.39 bits per heavy atom. The van der Waals surface area contributed by atoms with Crippen molar-refractivity contribution in [3.05, 3.63) is 17.5 Å². The molecule has 1 rings (SSSR count). The third kappa shape index (κ3) is 3.82. The van der Waals surface area contributed by atoms with Gasteiger partial charge in [-0.2, -0.15) is 5.10 Å². The van der Waals surface area contributed by atoms with E-state index in [-0.39, 0.29) is 12.1 Å². The quantitative estimate of drug-likeness (QED) is 0.783. The standard InChI is InChI=1S/C14H27N3O/c1-6-12(7-2)14(18)8-15-10(3)13-9-17(5)16-11(13)4/h9-10,12,14-15,18H,6-8H2,1-5H3. The molecule has 1 aromatic heterocycles. The van der Waals surface area contributed by atoms with Gasteiger partial charge in [-0.3, -0.25) is 4.68 Å². The minimum absolute atomic E-state index is 0.225. The molecular formula is C14H27N3O. The van der Waals surface area contributed by atoms with E-state index in [0.29, 0.717) is 12.5 Å². The average molecular weight is 253 g/mol. The Hall–Kier alpha value is -0.870. The van der Waals surface area contributed by atoms with Crippen LogP contribution in [0.4, 0.5) is 0 Å². The summed E-state index contributed by atoms with van der Waals surface area (Å²) in [6, 6.07) is 0.225. The first-order chi connectivity index (χ1) is 8.49. The summed E-state index contributed by atoms with van der Waals surface area (Å²) < 4.78 is 1.83. The van der Waals surface area contributed by atoms with Crippen molar-refractivity contribution in [2.24, 2.45) is 13.0 Å². The summed E-state index contributed by atoms with van der Waals surface area (Å²) in [6.07, 6.45) is 3.83. The second-order valence-corrected chi connectivity index (χ2v) is 5.12. The molecule has 2 atom stereocenters. The number of rotatable bonds is 7. The Morgan fingerprint density at radius 3 is 2.44 bits per heavy atom. The minimum Gasteiger partial charge on any atom is -0.392 e. The molecule has 2 unspecified atom stereocenters. The van der Waals surface area contributed by atoms with Crippen molar-refractivity contribution in [1.29, 1.82) is 0 Å². The molecule has 0 saturated heterocycles. The van der Waals surface area contributed by atoms with Crippen molar-refractivity contribution in [2.75, 3.05) is 6.54 Å². The molecular weight excluding hydrogens is 226 g/mol. The predicted molar refractivity (Wildman–Crippen MR) is 74.4 cm³/mol. The predicted octanol–water partition coefficient (Wildman–Crippen LogP) is 2.18. The molecule has 2 N–H and O–H groups in total. The molecule has 1 aromatic rings. The molecule has 104 valence electrons. The molecule has 0 fully saturated rings. The van der Waals surface area contributed by atoms with Gasteiger partial charge in [0, 0.05) is 31.4 Å². The van der Waals surface area contributed by atoms with E-state index in [9.17, 15) is 5.11 Å². The van der Waals surface area contributed by atoms with E-state index in [1.54, 1.807) is 0 Å². The summed E-state index contributed by atoms with van der Waals surface area (Å²) in [6.45, 7) is 9.04. The number of hydrogen-bond donors (Lipinski definition) is 2. The third-order valence-corrected chi connectivity index (χ3v) is 3.74. The van der Waals surface area contributed by atoms with Gasteiger partial charge < -0.3 is 10.4 Å². The van der Waals surface area contributed by atoms with Crippen molar-refractivity contribution in [3.8, 4) is 0 Å². The van der Waals surface area contributed by atoms with Gasteiger partial charge in [0.05, 0.1) is 11.8 Å². The normalized spacial score (nSPS) is 15.1. The van der Waals surface area contributed by atoms with Crippen LogP contribution in [0.25, 0.3) is 0 Å². The first kappa shape index (κ1) is 15.2. The van der Waals surface area contributed by atoms with E-state index < -0.39 is 0 Å². The van der Waals surface area contributed by atoms with Crippen molar-refractivity contribution in [1.82, 2.24) is 15.1 Å². The molecule has 4 nitrogen and oxygen atoms in total. The van der Waals surface area contributed by atoms with E-state index in [1.165, 1.54) is 5.56 Å². The number of nitrogens with one attached hydrogen (secondary N) is 1. The van der Waals surface area contributed by atoms with Crippen LogP contribution in [0, 0.1) is 12.8 Å². The Balaban J connectivity index is 2.50. The van der Waals surface area contributed by atoms with Crippen LogP contribution in [-0.2, 0) is 7.05 Å². The molecule has 0 aromatic carbocycles. The highest BCUT2D eigenvalue weighted by atomic mass is 16.3. The van der Waals surface area contributed by atoms with Gasteiger partial charge in [-0.15, -0.1) is 0 Å². The van der Waals surface area contributed by atoms with Crippen LogP contribution in [0.2, 0.25) is 0 Å². The monoisotopic (exact) mass is 253 g/mol. The highest BCUT2D eigenvalue weighted by Crippen LogP contribution is 2.17. The van der Waals surface area contributed by atoms with Crippen molar-refractivity contribution < 1.29 is 5.11 Å². The molecule has 0 spiro atoms. The summed E-state index contributed by atoms with van der Waals surface area (Å²) in [4.78, 5) is 0. The fraction of sp³-hybridized carbons (Fsp3) is 0.786.